The van der Waals surface area contributed by atoms with Crippen LogP contribution >= 0.6 is 11.3 Å². The van der Waals surface area contributed by atoms with E-state index in [9.17, 15) is 0 Å². The van der Waals surface area contributed by atoms with Gasteiger partial charge in [0.15, 0.2) is 0 Å². The number of hydrogen-bond acceptors (Lipinski definition) is 6. The summed E-state index contributed by atoms with van der Waals surface area (Å²) in [6.45, 7) is 8.24. The number of anilines is 1. The second-order valence-corrected chi connectivity index (χ2v) is 7.59. The van der Waals surface area contributed by atoms with Crippen molar-refractivity contribution >= 4 is 21.4 Å². The predicted molar refractivity (Wildman–Crippen MR) is 86.4 cm³/mol. The Bertz CT molecular complexity index is 797. The molecule has 7 heteroatoms. The average molecular weight is 314 g/mol. The van der Waals surface area contributed by atoms with Crippen molar-refractivity contribution in [2.75, 3.05) is 11.4 Å². The Labute approximate surface area is 132 Å². The van der Waals surface area contributed by atoms with Crippen LogP contribution in [0.4, 0.5) is 5.13 Å². The summed E-state index contributed by atoms with van der Waals surface area (Å²) in [6.07, 6.45) is 6.54. The Morgan fingerprint density at radius 1 is 1.27 bits per heavy atom. The molecule has 0 amide bonds. The highest BCUT2D eigenvalue weighted by Crippen LogP contribution is 2.29. The molecule has 0 atom stereocenters. The minimum absolute atomic E-state index is 0.0502. The highest BCUT2D eigenvalue weighted by Gasteiger charge is 2.23. The maximum Gasteiger partial charge on any atom is 0.214 e. The van der Waals surface area contributed by atoms with Crippen molar-refractivity contribution in [3.63, 3.8) is 0 Å². The van der Waals surface area contributed by atoms with E-state index in [0.717, 1.165) is 41.0 Å². The molecule has 6 nitrogen and oxygen atoms in total. The van der Waals surface area contributed by atoms with Crippen molar-refractivity contribution in [3.8, 4) is 0 Å². The van der Waals surface area contributed by atoms with E-state index in [0.29, 0.717) is 0 Å². The molecule has 0 aromatic carbocycles. The van der Waals surface area contributed by atoms with E-state index in [1.54, 1.807) is 17.7 Å². The molecule has 0 bridgehead atoms. The third kappa shape index (κ3) is 2.25. The molecule has 4 heterocycles. The fourth-order valence-corrected chi connectivity index (χ4v) is 3.50. The lowest BCUT2D eigenvalue weighted by Crippen LogP contribution is -2.31. The van der Waals surface area contributed by atoms with E-state index in [4.69, 9.17) is 10.1 Å². The molecule has 0 N–H and O–H groups in total. The molecule has 0 saturated heterocycles. The van der Waals surface area contributed by atoms with Gasteiger partial charge in [-0.25, -0.2) is 19.5 Å². The van der Waals surface area contributed by atoms with Crippen molar-refractivity contribution in [3.05, 3.63) is 35.7 Å². The zero-order chi connectivity index (χ0) is 15.3. The molecule has 3 aromatic rings. The quantitative estimate of drug-likeness (QED) is 0.690. The van der Waals surface area contributed by atoms with Gasteiger partial charge in [0.2, 0.25) is 10.1 Å². The number of nitrogens with zero attached hydrogens (tertiary/aromatic N) is 6. The van der Waals surface area contributed by atoms with Crippen LogP contribution in [0.3, 0.4) is 0 Å². The first kappa shape index (κ1) is 13.6. The van der Waals surface area contributed by atoms with Crippen LogP contribution in [0.1, 0.15) is 37.7 Å². The number of imidazole rings is 1. The molecule has 1 aliphatic rings. The van der Waals surface area contributed by atoms with Crippen LogP contribution in [-0.4, -0.2) is 31.1 Å². The maximum absolute atomic E-state index is 4.71. The molecule has 3 aromatic heterocycles. The van der Waals surface area contributed by atoms with E-state index < -0.39 is 0 Å². The van der Waals surface area contributed by atoms with Crippen LogP contribution in [0.2, 0.25) is 0 Å². The van der Waals surface area contributed by atoms with Gasteiger partial charge in [0.1, 0.15) is 6.33 Å². The van der Waals surface area contributed by atoms with Gasteiger partial charge >= 0.3 is 0 Å². The normalized spacial score (nSPS) is 15.3. The first-order valence-electron chi connectivity index (χ1n) is 7.40. The number of rotatable bonds is 1. The van der Waals surface area contributed by atoms with Crippen molar-refractivity contribution in [2.45, 2.75) is 39.2 Å². The largest absolute Gasteiger partial charge is 0.340 e. The fraction of sp³-hybridized carbons (Fsp3) is 0.467. The van der Waals surface area contributed by atoms with Crippen molar-refractivity contribution < 1.29 is 0 Å². The van der Waals surface area contributed by atoms with Crippen LogP contribution in [0.5, 0.6) is 0 Å². The zero-order valence-electron chi connectivity index (χ0n) is 12.9. The average Bonchev–Trinajstić information content (AvgIpc) is 3.04. The van der Waals surface area contributed by atoms with Crippen molar-refractivity contribution in [1.29, 1.82) is 0 Å². The third-order valence-electron chi connectivity index (χ3n) is 3.94. The molecule has 0 fully saturated rings. The number of aromatic nitrogens is 5. The Kier molecular flexibility index (Phi) is 2.94. The van der Waals surface area contributed by atoms with Gasteiger partial charge in [0.25, 0.3) is 0 Å². The monoisotopic (exact) mass is 314 g/mol. The summed E-state index contributed by atoms with van der Waals surface area (Å²) in [5, 5.41) is 5.71. The van der Waals surface area contributed by atoms with Gasteiger partial charge in [-0.3, -0.25) is 0 Å². The fourth-order valence-electron chi connectivity index (χ4n) is 2.59. The molecule has 22 heavy (non-hydrogen) atoms. The summed E-state index contributed by atoms with van der Waals surface area (Å²) in [5.74, 6) is 0. The van der Waals surface area contributed by atoms with Gasteiger partial charge in [-0.1, -0.05) is 32.1 Å². The third-order valence-corrected chi connectivity index (χ3v) is 4.93. The molecule has 0 unspecified atom stereocenters. The van der Waals surface area contributed by atoms with Gasteiger partial charge in [0, 0.05) is 18.2 Å². The lowest BCUT2D eigenvalue weighted by atomic mass is 9.93. The SMILES string of the molecule is CC(C)(C)c1cn2nc(N3CCc4cncnc4C3)sc2n1. The topological polar surface area (TPSA) is 59.2 Å². The lowest BCUT2D eigenvalue weighted by molar-refractivity contribution is 0.572. The first-order chi connectivity index (χ1) is 10.5. The van der Waals surface area contributed by atoms with Gasteiger partial charge < -0.3 is 4.90 Å². The molecule has 114 valence electrons. The highest BCUT2D eigenvalue weighted by molar-refractivity contribution is 7.20. The Balaban J connectivity index is 1.64. The van der Waals surface area contributed by atoms with Crippen LogP contribution < -0.4 is 4.90 Å². The second-order valence-electron chi connectivity index (χ2n) is 6.65. The van der Waals surface area contributed by atoms with Gasteiger partial charge in [-0.05, 0) is 12.0 Å². The van der Waals surface area contributed by atoms with E-state index in [-0.39, 0.29) is 5.41 Å². The maximum atomic E-state index is 4.71. The molecule has 0 spiro atoms. The van der Waals surface area contributed by atoms with E-state index in [2.05, 4.69) is 35.6 Å². The summed E-state index contributed by atoms with van der Waals surface area (Å²) < 4.78 is 1.90. The highest BCUT2D eigenvalue weighted by atomic mass is 32.1. The zero-order valence-corrected chi connectivity index (χ0v) is 13.8. The Hall–Kier alpha value is -2.02. The molecule has 1 aliphatic heterocycles. The van der Waals surface area contributed by atoms with Crippen molar-refractivity contribution in [1.82, 2.24) is 24.6 Å². The number of hydrogen-bond donors (Lipinski definition) is 0. The van der Waals surface area contributed by atoms with Crippen LogP contribution in [-0.2, 0) is 18.4 Å². The Morgan fingerprint density at radius 2 is 2.14 bits per heavy atom. The van der Waals surface area contributed by atoms with Gasteiger partial charge in [-0.2, -0.15) is 0 Å². The summed E-state index contributed by atoms with van der Waals surface area (Å²) in [7, 11) is 0. The summed E-state index contributed by atoms with van der Waals surface area (Å²) >= 11 is 1.64. The van der Waals surface area contributed by atoms with Gasteiger partial charge in [0.05, 0.1) is 24.1 Å². The summed E-state index contributed by atoms with van der Waals surface area (Å²) in [4.78, 5) is 16.4. The molecule has 0 radical (unpaired) electrons. The molecule has 4 rings (SSSR count). The van der Waals surface area contributed by atoms with Crippen LogP contribution in [0, 0.1) is 0 Å². The second kappa shape index (κ2) is 4.74. The smallest absolute Gasteiger partial charge is 0.214 e. The minimum Gasteiger partial charge on any atom is -0.340 e. The Morgan fingerprint density at radius 3 is 2.91 bits per heavy atom. The van der Waals surface area contributed by atoms with Crippen LogP contribution in [0.25, 0.3) is 4.96 Å². The van der Waals surface area contributed by atoms with E-state index in [1.807, 2.05) is 16.9 Å². The standard InChI is InChI=1S/C15H18N6S/c1-15(2,3)12-8-21-13(18-12)22-14(19-21)20-5-4-10-6-16-9-17-11(10)7-20/h6,8-9H,4-5,7H2,1-3H3. The molecular formula is C15H18N6S. The lowest BCUT2D eigenvalue weighted by Gasteiger charge is -2.26. The first-order valence-corrected chi connectivity index (χ1v) is 8.22. The van der Waals surface area contributed by atoms with Crippen molar-refractivity contribution in [2.24, 2.45) is 0 Å². The summed E-state index contributed by atoms with van der Waals surface area (Å²) in [5.41, 5.74) is 3.48. The van der Waals surface area contributed by atoms with Crippen LogP contribution in [0.15, 0.2) is 18.7 Å². The number of fused-ring (bicyclic) bond motifs is 2. The van der Waals surface area contributed by atoms with E-state index >= 15 is 0 Å². The molecular weight excluding hydrogens is 296 g/mol. The molecule has 0 saturated carbocycles. The van der Waals surface area contributed by atoms with E-state index in [1.165, 1.54) is 5.56 Å². The predicted octanol–water partition coefficient (Wildman–Crippen LogP) is 2.44. The molecule has 0 aliphatic carbocycles. The minimum atomic E-state index is 0.0502. The summed E-state index contributed by atoms with van der Waals surface area (Å²) in [6, 6.07) is 0. The van der Waals surface area contributed by atoms with Gasteiger partial charge in [-0.15, -0.1) is 5.10 Å².